The van der Waals surface area contributed by atoms with E-state index in [2.05, 4.69) is 0 Å². The first kappa shape index (κ1) is 10.0. The van der Waals surface area contributed by atoms with Crippen LogP contribution in [-0.4, -0.2) is 23.4 Å². The summed E-state index contributed by atoms with van der Waals surface area (Å²) in [5.74, 6) is 0.535. The van der Waals surface area contributed by atoms with Crippen LogP contribution >= 0.6 is 0 Å². The van der Waals surface area contributed by atoms with Crippen molar-refractivity contribution >= 4 is 0 Å². The summed E-state index contributed by atoms with van der Waals surface area (Å²) in [6.45, 7) is 6.65. The predicted molar refractivity (Wildman–Crippen MR) is 49.1 cm³/mol. The lowest BCUT2D eigenvalue weighted by atomic mass is 9.97. The molecule has 1 unspecified atom stereocenters. The van der Waals surface area contributed by atoms with Gasteiger partial charge in [0.2, 0.25) is 0 Å². The maximum absolute atomic E-state index is 9.89. The molecule has 0 bridgehead atoms. The van der Waals surface area contributed by atoms with Crippen LogP contribution in [0.3, 0.4) is 0 Å². The first-order chi connectivity index (χ1) is 5.52. The van der Waals surface area contributed by atoms with E-state index in [0.717, 1.165) is 6.42 Å². The van der Waals surface area contributed by atoms with Gasteiger partial charge in [-0.3, -0.25) is 0 Å². The van der Waals surface area contributed by atoms with Gasteiger partial charge in [-0.15, -0.1) is 0 Å². The van der Waals surface area contributed by atoms with Gasteiger partial charge >= 0.3 is 0 Å². The van der Waals surface area contributed by atoms with Crippen molar-refractivity contribution in [1.29, 1.82) is 0 Å². The van der Waals surface area contributed by atoms with E-state index in [4.69, 9.17) is 4.74 Å². The molecule has 72 valence electrons. The van der Waals surface area contributed by atoms with Gasteiger partial charge in [-0.25, -0.2) is 0 Å². The summed E-state index contributed by atoms with van der Waals surface area (Å²) in [6.07, 6.45) is 3.43. The molecule has 1 rings (SSSR count). The Balaban J connectivity index is 2.12. The average Bonchev–Trinajstić information content (AvgIpc) is 2.65. The summed E-state index contributed by atoms with van der Waals surface area (Å²) in [5.41, 5.74) is -0.477. The summed E-state index contributed by atoms with van der Waals surface area (Å²) in [4.78, 5) is 0. The molecule has 0 spiro atoms. The molecule has 1 aliphatic rings. The van der Waals surface area contributed by atoms with E-state index in [1.165, 1.54) is 12.8 Å². The van der Waals surface area contributed by atoms with Crippen LogP contribution in [0.1, 0.15) is 40.0 Å². The fraction of sp³-hybridized carbons (Fsp3) is 1.00. The molecule has 1 atom stereocenters. The highest BCUT2D eigenvalue weighted by molar-refractivity contribution is 4.90. The van der Waals surface area contributed by atoms with Crippen LogP contribution in [0.2, 0.25) is 0 Å². The molecular formula is C10H20O2. The van der Waals surface area contributed by atoms with Gasteiger partial charge in [-0.05, 0) is 46.0 Å². The molecule has 1 saturated carbocycles. The Morgan fingerprint density at radius 2 is 2.08 bits per heavy atom. The van der Waals surface area contributed by atoms with E-state index in [0.29, 0.717) is 12.5 Å². The molecule has 0 aromatic rings. The molecule has 0 heterocycles. The maximum Gasteiger partial charge on any atom is 0.0669 e. The minimum Gasteiger partial charge on any atom is -0.390 e. The first-order valence-electron chi connectivity index (χ1n) is 4.86. The highest BCUT2D eigenvalue weighted by atomic mass is 16.5. The number of rotatable bonds is 5. The average molecular weight is 172 g/mol. The Kier molecular flexibility index (Phi) is 3.13. The van der Waals surface area contributed by atoms with Gasteiger partial charge in [0.05, 0.1) is 11.7 Å². The standard InChI is InChI=1S/C10H20O2/c1-8(2)12-7-6-10(3,11)9-4-5-9/h8-9,11H,4-7H2,1-3H3. The van der Waals surface area contributed by atoms with Crippen molar-refractivity contribution in [1.82, 2.24) is 0 Å². The van der Waals surface area contributed by atoms with Gasteiger partial charge in [0.25, 0.3) is 0 Å². The topological polar surface area (TPSA) is 29.5 Å². The molecule has 0 aromatic heterocycles. The Hall–Kier alpha value is -0.0800. The molecule has 0 radical (unpaired) electrons. The lowest BCUT2D eigenvalue weighted by molar-refractivity contribution is -0.0152. The van der Waals surface area contributed by atoms with E-state index in [-0.39, 0.29) is 6.10 Å². The molecule has 0 amide bonds. The Bertz CT molecular complexity index is 137. The van der Waals surface area contributed by atoms with Crippen LogP contribution in [0, 0.1) is 5.92 Å². The zero-order valence-electron chi connectivity index (χ0n) is 8.34. The van der Waals surface area contributed by atoms with Crippen molar-refractivity contribution in [3.05, 3.63) is 0 Å². The fourth-order valence-corrected chi connectivity index (χ4v) is 1.41. The van der Waals surface area contributed by atoms with Crippen molar-refractivity contribution in [3.8, 4) is 0 Å². The summed E-state index contributed by atoms with van der Waals surface area (Å²) in [5, 5.41) is 9.89. The molecule has 1 fully saturated rings. The fourth-order valence-electron chi connectivity index (χ4n) is 1.41. The van der Waals surface area contributed by atoms with Crippen LogP contribution in [0.5, 0.6) is 0 Å². The monoisotopic (exact) mass is 172 g/mol. The van der Waals surface area contributed by atoms with Crippen molar-refractivity contribution in [3.63, 3.8) is 0 Å². The number of ether oxygens (including phenoxy) is 1. The SMILES string of the molecule is CC(C)OCCC(C)(O)C1CC1. The minimum atomic E-state index is -0.477. The van der Waals surface area contributed by atoms with Crippen molar-refractivity contribution < 1.29 is 9.84 Å². The Labute approximate surface area is 74.9 Å². The molecule has 0 saturated heterocycles. The highest BCUT2D eigenvalue weighted by Gasteiger charge is 2.39. The lowest BCUT2D eigenvalue weighted by Crippen LogP contribution is -2.29. The van der Waals surface area contributed by atoms with Gasteiger partial charge in [0.1, 0.15) is 0 Å². The zero-order valence-corrected chi connectivity index (χ0v) is 8.34. The molecule has 1 aliphatic carbocycles. The normalized spacial score (nSPS) is 22.8. The largest absolute Gasteiger partial charge is 0.390 e. The minimum absolute atomic E-state index is 0.278. The molecular weight excluding hydrogens is 152 g/mol. The summed E-state index contributed by atoms with van der Waals surface area (Å²) >= 11 is 0. The van der Waals surface area contributed by atoms with Gasteiger partial charge in [-0.2, -0.15) is 0 Å². The quantitative estimate of drug-likeness (QED) is 0.687. The molecule has 1 N–H and O–H groups in total. The Morgan fingerprint density at radius 1 is 1.50 bits per heavy atom. The molecule has 2 nitrogen and oxygen atoms in total. The van der Waals surface area contributed by atoms with Crippen molar-refractivity contribution in [2.45, 2.75) is 51.7 Å². The maximum atomic E-state index is 9.89. The summed E-state index contributed by atoms with van der Waals surface area (Å²) < 4.78 is 5.40. The third-order valence-electron chi connectivity index (χ3n) is 2.52. The van der Waals surface area contributed by atoms with Gasteiger partial charge in [-0.1, -0.05) is 0 Å². The third kappa shape index (κ3) is 3.11. The van der Waals surface area contributed by atoms with E-state index < -0.39 is 5.60 Å². The Morgan fingerprint density at radius 3 is 2.50 bits per heavy atom. The third-order valence-corrected chi connectivity index (χ3v) is 2.52. The summed E-state index contributed by atoms with van der Waals surface area (Å²) in [7, 11) is 0. The summed E-state index contributed by atoms with van der Waals surface area (Å²) in [6, 6.07) is 0. The smallest absolute Gasteiger partial charge is 0.0669 e. The highest BCUT2D eigenvalue weighted by Crippen LogP contribution is 2.41. The van der Waals surface area contributed by atoms with Crippen molar-refractivity contribution in [2.24, 2.45) is 5.92 Å². The zero-order chi connectivity index (χ0) is 9.19. The molecule has 2 heteroatoms. The lowest BCUT2D eigenvalue weighted by Gasteiger charge is -2.23. The first-order valence-corrected chi connectivity index (χ1v) is 4.86. The number of aliphatic hydroxyl groups is 1. The van der Waals surface area contributed by atoms with Crippen LogP contribution in [0.15, 0.2) is 0 Å². The molecule has 0 aliphatic heterocycles. The predicted octanol–water partition coefficient (Wildman–Crippen LogP) is 1.96. The van der Waals surface area contributed by atoms with Crippen LogP contribution < -0.4 is 0 Å². The van der Waals surface area contributed by atoms with E-state index >= 15 is 0 Å². The molecule has 0 aromatic carbocycles. The van der Waals surface area contributed by atoms with Gasteiger partial charge in [0.15, 0.2) is 0 Å². The second-order valence-corrected chi connectivity index (χ2v) is 4.30. The second kappa shape index (κ2) is 3.75. The van der Waals surface area contributed by atoms with Crippen molar-refractivity contribution in [2.75, 3.05) is 6.61 Å². The number of hydrogen-bond acceptors (Lipinski definition) is 2. The van der Waals surface area contributed by atoms with Gasteiger partial charge < -0.3 is 9.84 Å². The molecule has 12 heavy (non-hydrogen) atoms. The van der Waals surface area contributed by atoms with E-state index in [1.54, 1.807) is 0 Å². The van der Waals surface area contributed by atoms with Crippen LogP contribution in [0.25, 0.3) is 0 Å². The van der Waals surface area contributed by atoms with E-state index in [9.17, 15) is 5.11 Å². The van der Waals surface area contributed by atoms with Crippen LogP contribution in [0.4, 0.5) is 0 Å². The second-order valence-electron chi connectivity index (χ2n) is 4.30. The van der Waals surface area contributed by atoms with Gasteiger partial charge in [0, 0.05) is 6.61 Å². The van der Waals surface area contributed by atoms with E-state index in [1.807, 2.05) is 20.8 Å². The number of hydrogen-bond donors (Lipinski definition) is 1. The van der Waals surface area contributed by atoms with Crippen LogP contribution in [-0.2, 0) is 4.74 Å².